The van der Waals surface area contributed by atoms with Crippen molar-refractivity contribution in [1.82, 2.24) is 9.58 Å². The molecule has 2 aromatic carbocycles. The van der Waals surface area contributed by atoms with E-state index in [4.69, 9.17) is 9.47 Å². The van der Waals surface area contributed by atoms with Crippen molar-refractivity contribution in [2.75, 3.05) is 18.5 Å². The molecule has 8 nitrogen and oxygen atoms in total. The van der Waals surface area contributed by atoms with Gasteiger partial charge in [-0.15, -0.1) is 11.8 Å². The Balaban J connectivity index is 1.74. The van der Waals surface area contributed by atoms with Crippen molar-refractivity contribution in [1.29, 1.82) is 0 Å². The van der Waals surface area contributed by atoms with Gasteiger partial charge in [0.05, 0.1) is 6.04 Å². The van der Waals surface area contributed by atoms with E-state index in [1.54, 1.807) is 16.8 Å². The third kappa shape index (κ3) is 4.96. The van der Waals surface area contributed by atoms with Gasteiger partial charge < -0.3 is 14.4 Å². The van der Waals surface area contributed by atoms with Gasteiger partial charge in [-0.3, -0.25) is 24.1 Å². The van der Waals surface area contributed by atoms with Crippen molar-refractivity contribution in [3.05, 3.63) is 93.4 Å². The normalized spacial score (nSPS) is 17.5. The average molecular weight is 560 g/mol. The van der Waals surface area contributed by atoms with Crippen LogP contribution in [0.4, 0.5) is 13.2 Å². The molecule has 1 amide bonds. The van der Waals surface area contributed by atoms with Gasteiger partial charge in [0.1, 0.15) is 12.7 Å². The van der Waals surface area contributed by atoms with Gasteiger partial charge >= 0.3 is 12.1 Å². The Hall–Kier alpha value is -3.93. The smallest absolute Gasteiger partial charge is 0.408 e. The number of carbonyl (C=O) groups is 2. The lowest BCUT2D eigenvalue weighted by Crippen LogP contribution is -2.60. The second-order valence-electron chi connectivity index (χ2n) is 9.10. The Labute approximate surface area is 225 Å². The van der Waals surface area contributed by atoms with Crippen molar-refractivity contribution >= 4 is 23.6 Å². The number of carbonyl (C=O) groups excluding carboxylic acids is 2. The Bertz CT molecular complexity index is 1440. The van der Waals surface area contributed by atoms with Gasteiger partial charge in [-0.1, -0.05) is 42.5 Å². The molecule has 2 atom stereocenters. The number of nitrogens with zero attached hydrogens (tertiary/aromatic N) is 3. The number of hydrogen-bond acceptors (Lipinski definition) is 7. The zero-order chi connectivity index (χ0) is 27.9. The minimum absolute atomic E-state index is 0.385. The molecule has 0 radical (unpaired) electrons. The number of esters is 1. The van der Waals surface area contributed by atoms with Crippen molar-refractivity contribution in [2.45, 2.75) is 42.8 Å². The SMILES string of the molecule is CC(=O)OCOc1c2n(ccc1=O)N([C@H]1c3ccccc3CSc3ccccc31)CN([C@H](C)C(F)(F)F)C2=O. The highest BCUT2D eigenvalue weighted by molar-refractivity contribution is 7.98. The number of halogens is 3. The number of rotatable bonds is 5. The van der Waals surface area contributed by atoms with Crippen molar-refractivity contribution < 1.29 is 32.2 Å². The molecule has 0 N–H and O–H groups in total. The number of amides is 1. The van der Waals surface area contributed by atoms with Crippen LogP contribution in [0.1, 0.15) is 47.1 Å². The van der Waals surface area contributed by atoms with Crippen molar-refractivity contribution in [3.63, 3.8) is 0 Å². The quantitative estimate of drug-likeness (QED) is 0.338. The predicted octanol–water partition coefficient (Wildman–Crippen LogP) is 4.45. The predicted molar refractivity (Wildman–Crippen MR) is 137 cm³/mol. The number of fused-ring (bicyclic) bond motifs is 3. The summed E-state index contributed by atoms with van der Waals surface area (Å²) in [5.41, 5.74) is 1.57. The molecule has 0 saturated carbocycles. The van der Waals surface area contributed by atoms with Crippen LogP contribution in [-0.4, -0.2) is 47.1 Å². The van der Waals surface area contributed by atoms with Crippen LogP contribution in [0.5, 0.6) is 5.75 Å². The highest BCUT2D eigenvalue weighted by Gasteiger charge is 2.47. The summed E-state index contributed by atoms with van der Waals surface area (Å²) in [6, 6.07) is 13.6. The van der Waals surface area contributed by atoms with Gasteiger partial charge in [0.15, 0.2) is 5.69 Å². The van der Waals surface area contributed by atoms with E-state index < -0.39 is 54.8 Å². The number of thioether (sulfide) groups is 1. The first-order valence-electron chi connectivity index (χ1n) is 12.0. The number of aromatic nitrogens is 1. The number of hydrogen-bond donors (Lipinski definition) is 0. The minimum atomic E-state index is -4.73. The van der Waals surface area contributed by atoms with Crippen molar-refractivity contribution in [3.8, 4) is 5.75 Å². The monoisotopic (exact) mass is 559 g/mol. The van der Waals surface area contributed by atoms with Crippen LogP contribution in [0.25, 0.3) is 0 Å². The first-order chi connectivity index (χ1) is 18.6. The van der Waals surface area contributed by atoms with E-state index in [0.717, 1.165) is 35.4 Å². The maximum Gasteiger partial charge on any atom is 0.408 e. The molecular formula is C27H24F3N3O5S. The van der Waals surface area contributed by atoms with Crippen LogP contribution in [0, 0.1) is 0 Å². The van der Waals surface area contributed by atoms with Gasteiger partial charge in [0.25, 0.3) is 5.91 Å². The molecule has 3 heterocycles. The molecule has 12 heteroatoms. The van der Waals surface area contributed by atoms with Gasteiger partial charge in [-0.2, -0.15) is 13.2 Å². The molecule has 0 bridgehead atoms. The first-order valence-corrected chi connectivity index (χ1v) is 13.0. The fraction of sp³-hybridized carbons (Fsp3) is 0.296. The molecular weight excluding hydrogens is 535 g/mol. The van der Waals surface area contributed by atoms with Gasteiger partial charge in [0, 0.05) is 29.8 Å². The third-order valence-electron chi connectivity index (χ3n) is 6.72. The highest BCUT2D eigenvalue weighted by Crippen LogP contribution is 2.43. The van der Waals surface area contributed by atoms with Crippen molar-refractivity contribution in [2.24, 2.45) is 0 Å². The molecule has 3 aromatic rings. The van der Waals surface area contributed by atoms with E-state index in [1.165, 1.54) is 16.9 Å². The summed E-state index contributed by atoms with van der Waals surface area (Å²) in [6.45, 7) is 0.929. The topological polar surface area (TPSA) is 81.1 Å². The van der Waals surface area contributed by atoms with E-state index in [0.29, 0.717) is 10.7 Å². The van der Waals surface area contributed by atoms with E-state index >= 15 is 0 Å². The largest absolute Gasteiger partial charge is 0.451 e. The summed E-state index contributed by atoms with van der Waals surface area (Å²) in [5.74, 6) is -1.58. The second kappa shape index (κ2) is 10.3. The second-order valence-corrected chi connectivity index (χ2v) is 10.1. The molecule has 2 aliphatic heterocycles. The molecule has 1 aromatic heterocycles. The molecule has 2 aliphatic rings. The van der Waals surface area contributed by atoms with E-state index in [-0.39, 0.29) is 5.69 Å². The maximum atomic E-state index is 14.0. The summed E-state index contributed by atoms with van der Waals surface area (Å²) < 4.78 is 53.5. The summed E-state index contributed by atoms with van der Waals surface area (Å²) in [6.07, 6.45) is -3.38. The van der Waals surface area contributed by atoms with Crippen LogP contribution >= 0.6 is 11.8 Å². The van der Waals surface area contributed by atoms with E-state index in [2.05, 4.69) is 0 Å². The molecule has 39 heavy (non-hydrogen) atoms. The molecule has 0 unspecified atom stereocenters. The van der Waals surface area contributed by atoms with Gasteiger partial charge in [0.2, 0.25) is 18.0 Å². The number of alkyl halides is 3. The van der Waals surface area contributed by atoms with Crippen LogP contribution in [0.3, 0.4) is 0 Å². The molecule has 204 valence electrons. The molecule has 0 fully saturated rings. The van der Waals surface area contributed by atoms with Gasteiger partial charge in [-0.05, 0) is 29.7 Å². The number of pyridine rings is 1. The van der Waals surface area contributed by atoms with Crippen LogP contribution < -0.4 is 15.2 Å². The zero-order valence-electron chi connectivity index (χ0n) is 21.0. The fourth-order valence-corrected chi connectivity index (χ4v) is 5.84. The van der Waals surface area contributed by atoms with Crippen LogP contribution in [-0.2, 0) is 15.3 Å². The van der Waals surface area contributed by atoms with Crippen LogP contribution in [0.15, 0.2) is 70.5 Å². The minimum Gasteiger partial charge on any atom is -0.451 e. The first kappa shape index (κ1) is 26.7. The Morgan fingerprint density at radius 1 is 1.08 bits per heavy atom. The Morgan fingerprint density at radius 2 is 1.77 bits per heavy atom. The lowest BCUT2D eigenvalue weighted by molar-refractivity contribution is -0.173. The number of benzene rings is 2. The molecule has 0 spiro atoms. The summed E-state index contributed by atoms with van der Waals surface area (Å²) in [7, 11) is 0. The lowest BCUT2D eigenvalue weighted by atomic mass is 9.94. The standard InChI is InChI=1S/C27H24F3N3O5S/c1-16(27(28,29)30)31-14-33(32-12-11-21(35)25(24(32)26(31)36)38-15-37-17(2)34)23-19-8-4-3-7-18(19)13-39-22-10-6-5-9-20(22)23/h3-12,16,23H,13-15H2,1-2H3/t16-,23+/m1/s1. The summed E-state index contributed by atoms with van der Waals surface area (Å²) in [5, 5.41) is 1.63. The zero-order valence-corrected chi connectivity index (χ0v) is 21.8. The van der Waals surface area contributed by atoms with E-state index in [9.17, 15) is 27.6 Å². The lowest BCUT2D eigenvalue weighted by Gasteiger charge is -2.46. The summed E-state index contributed by atoms with van der Waals surface area (Å²) >= 11 is 1.61. The molecule has 0 aliphatic carbocycles. The van der Waals surface area contributed by atoms with Crippen LogP contribution in [0.2, 0.25) is 0 Å². The highest BCUT2D eigenvalue weighted by atomic mass is 32.2. The Morgan fingerprint density at radius 3 is 2.49 bits per heavy atom. The average Bonchev–Trinajstić information content (AvgIpc) is 3.06. The Kier molecular flexibility index (Phi) is 7.06. The number of ether oxygens (including phenoxy) is 2. The summed E-state index contributed by atoms with van der Waals surface area (Å²) in [4.78, 5) is 39.3. The van der Waals surface area contributed by atoms with E-state index in [1.807, 2.05) is 48.5 Å². The molecule has 5 rings (SSSR count). The third-order valence-corrected chi connectivity index (χ3v) is 7.86. The maximum absolute atomic E-state index is 14.0. The van der Waals surface area contributed by atoms with Gasteiger partial charge in [-0.25, -0.2) is 0 Å². The fourth-order valence-electron chi connectivity index (χ4n) is 4.75. The molecule has 0 saturated heterocycles.